The molecule has 5 heteroatoms. The first-order valence-corrected chi connectivity index (χ1v) is 8.18. The summed E-state index contributed by atoms with van der Waals surface area (Å²) in [4.78, 5) is 4.98. The monoisotopic (exact) mass is 295 g/mol. The van der Waals surface area contributed by atoms with E-state index in [-0.39, 0.29) is 0 Å². The molecule has 0 spiro atoms. The molecular formula is C14H21N3S2. The van der Waals surface area contributed by atoms with Gasteiger partial charge in [0.15, 0.2) is 0 Å². The molecule has 0 saturated heterocycles. The first-order valence-electron chi connectivity index (χ1n) is 6.54. The summed E-state index contributed by atoms with van der Waals surface area (Å²) in [6, 6.07) is 2.02. The second-order valence-corrected chi connectivity index (χ2v) is 6.98. The van der Waals surface area contributed by atoms with Gasteiger partial charge in [-0.2, -0.15) is 11.8 Å². The minimum Gasteiger partial charge on any atom is -0.389 e. The van der Waals surface area contributed by atoms with Gasteiger partial charge in [-0.15, -0.1) is 0 Å². The van der Waals surface area contributed by atoms with E-state index in [1.54, 1.807) is 0 Å². The lowest BCUT2D eigenvalue weighted by molar-refractivity contribution is 0.379. The number of aromatic nitrogens is 1. The van der Waals surface area contributed by atoms with E-state index >= 15 is 0 Å². The van der Waals surface area contributed by atoms with Crippen molar-refractivity contribution in [2.75, 3.05) is 18.1 Å². The molecule has 0 aromatic carbocycles. The maximum Gasteiger partial charge on any atom is 0.136 e. The average molecular weight is 295 g/mol. The zero-order valence-corrected chi connectivity index (χ0v) is 13.4. The van der Waals surface area contributed by atoms with Crippen molar-refractivity contribution in [2.24, 2.45) is 5.73 Å². The summed E-state index contributed by atoms with van der Waals surface area (Å²) in [5.41, 5.74) is 8.80. The number of anilines is 1. The number of pyridine rings is 1. The van der Waals surface area contributed by atoms with Crippen LogP contribution in [-0.4, -0.2) is 27.5 Å². The minimum atomic E-state index is 0.368. The summed E-state index contributed by atoms with van der Waals surface area (Å²) in [5.74, 6) is 0.838. The smallest absolute Gasteiger partial charge is 0.136 e. The van der Waals surface area contributed by atoms with Gasteiger partial charge in [-0.1, -0.05) is 18.6 Å². The summed E-state index contributed by atoms with van der Waals surface area (Å²) in [5, 5.41) is 3.47. The van der Waals surface area contributed by atoms with Gasteiger partial charge in [0, 0.05) is 17.0 Å². The van der Waals surface area contributed by atoms with Crippen LogP contribution in [0.2, 0.25) is 0 Å². The SMILES string of the molecule is CSC1(CNc2nc(C)cc(C)c2C(N)=S)CCC1. The lowest BCUT2D eigenvalue weighted by Crippen LogP contribution is -2.40. The van der Waals surface area contributed by atoms with Crippen LogP contribution in [0.1, 0.15) is 36.1 Å². The summed E-state index contributed by atoms with van der Waals surface area (Å²) in [7, 11) is 0. The van der Waals surface area contributed by atoms with Crippen LogP contribution in [0.3, 0.4) is 0 Å². The lowest BCUT2D eigenvalue weighted by Gasteiger charge is -2.40. The molecule has 0 unspecified atom stereocenters. The number of rotatable bonds is 5. The van der Waals surface area contributed by atoms with Crippen LogP contribution in [0.15, 0.2) is 6.07 Å². The maximum absolute atomic E-state index is 5.83. The third kappa shape index (κ3) is 3.03. The summed E-state index contributed by atoms with van der Waals surface area (Å²) < 4.78 is 0.368. The third-order valence-electron chi connectivity index (χ3n) is 3.87. The number of aryl methyl sites for hydroxylation is 2. The van der Waals surface area contributed by atoms with E-state index in [2.05, 4.69) is 16.6 Å². The van der Waals surface area contributed by atoms with Crippen molar-refractivity contribution >= 4 is 34.8 Å². The highest BCUT2D eigenvalue weighted by Crippen LogP contribution is 2.42. The molecular weight excluding hydrogens is 274 g/mol. The molecule has 2 rings (SSSR count). The molecule has 1 fully saturated rings. The Balaban J connectivity index is 2.21. The highest BCUT2D eigenvalue weighted by atomic mass is 32.2. The number of thioether (sulfide) groups is 1. The molecule has 0 amide bonds. The van der Waals surface area contributed by atoms with Crippen LogP contribution in [0.25, 0.3) is 0 Å². The van der Waals surface area contributed by atoms with E-state index in [4.69, 9.17) is 18.0 Å². The van der Waals surface area contributed by atoms with Gasteiger partial charge in [0.2, 0.25) is 0 Å². The van der Waals surface area contributed by atoms with Gasteiger partial charge in [0.05, 0.1) is 5.56 Å². The van der Waals surface area contributed by atoms with E-state index < -0.39 is 0 Å². The van der Waals surface area contributed by atoms with Gasteiger partial charge in [-0.25, -0.2) is 4.98 Å². The first kappa shape index (κ1) is 14.6. The zero-order valence-electron chi connectivity index (χ0n) is 11.7. The number of thiocarbonyl (C=S) groups is 1. The van der Waals surface area contributed by atoms with Gasteiger partial charge >= 0.3 is 0 Å². The van der Waals surface area contributed by atoms with E-state index in [1.165, 1.54) is 19.3 Å². The van der Waals surface area contributed by atoms with Gasteiger partial charge in [0.1, 0.15) is 10.8 Å². The Labute approximate surface area is 124 Å². The summed E-state index contributed by atoms with van der Waals surface area (Å²) in [6.45, 7) is 4.96. The molecule has 0 atom stereocenters. The van der Waals surface area contributed by atoms with Gasteiger partial charge < -0.3 is 11.1 Å². The number of nitrogens with one attached hydrogen (secondary N) is 1. The van der Waals surface area contributed by atoms with Gasteiger partial charge in [-0.3, -0.25) is 0 Å². The fourth-order valence-corrected chi connectivity index (χ4v) is 3.72. The molecule has 1 aliphatic rings. The largest absolute Gasteiger partial charge is 0.389 e. The fraction of sp³-hybridized carbons (Fsp3) is 0.571. The van der Waals surface area contributed by atoms with Crippen LogP contribution in [0.5, 0.6) is 0 Å². The molecule has 0 radical (unpaired) electrons. The van der Waals surface area contributed by atoms with E-state index in [9.17, 15) is 0 Å². The predicted molar refractivity (Wildman–Crippen MR) is 88.2 cm³/mol. The van der Waals surface area contributed by atoms with Crippen molar-refractivity contribution in [3.05, 3.63) is 22.9 Å². The number of hydrogen-bond donors (Lipinski definition) is 2. The normalized spacial score (nSPS) is 16.8. The molecule has 3 nitrogen and oxygen atoms in total. The third-order valence-corrected chi connectivity index (χ3v) is 5.49. The van der Waals surface area contributed by atoms with Crippen molar-refractivity contribution < 1.29 is 0 Å². The van der Waals surface area contributed by atoms with Crippen molar-refractivity contribution in [3.63, 3.8) is 0 Å². The molecule has 19 heavy (non-hydrogen) atoms. The van der Waals surface area contributed by atoms with Gasteiger partial charge in [0.25, 0.3) is 0 Å². The molecule has 104 valence electrons. The Morgan fingerprint density at radius 2 is 2.21 bits per heavy atom. The van der Waals surface area contributed by atoms with Crippen LogP contribution < -0.4 is 11.1 Å². The molecule has 1 heterocycles. The van der Waals surface area contributed by atoms with Crippen molar-refractivity contribution in [2.45, 2.75) is 37.9 Å². The quantitative estimate of drug-likeness (QED) is 0.818. The van der Waals surface area contributed by atoms with Crippen LogP contribution in [0.4, 0.5) is 5.82 Å². The zero-order chi connectivity index (χ0) is 14.0. The van der Waals surface area contributed by atoms with Crippen molar-refractivity contribution in [1.82, 2.24) is 4.98 Å². The highest BCUT2D eigenvalue weighted by Gasteiger charge is 2.36. The highest BCUT2D eigenvalue weighted by molar-refractivity contribution is 8.00. The Morgan fingerprint density at radius 1 is 1.53 bits per heavy atom. The molecule has 0 aliphatic heterocycles. The van der Waals surface area contributed by atoms with E-state index in [0.717, 1.165) is 29.2 Å². The second-order valence-electron chi connectivity index (χ2n) is 5.26. The van der Waals surface area contributed by atoms with Crippen LogP contribution >= 0.6 is 24.0 Å². The summed E-state index contributed by atoms with van der Waals surface area (Å²) in [6.07, 6.45) is 6.05. The first-order chi connectivity index (χ1) is 8.97. The van der Waals surface area contributed by atoms with E-state index in [0.29, 0.717) is 9.74 Å². The van der Waals surface area contributed by atoms with Gasteiger partial charge in [-0.05, 0) is 44.6 Å². The Morgan fingerprint density at radius 3 is 2.68 bits per heavy atom. The maximum atomic E-state index is 5.83. The number of nitrogens with two attached hydrogens (primary N) is 1. The Kier molecular flexibility index (Phi) is 4.36. The standard InChI is InChI=1S/C14H21N3S2/c1-9-7-10(2)17-13(11(9)12(15)18)16-8-14(19-3)5-4-6-14/h7H,4-6,8H2,1-3H3,(H2,15,18)(H,16,17). The number of hydrogen-bond acceptors (Lipinski definition) is 4. The molecule has 1 aromatic rings. The predicted octanol–water partition coefficient (Wildman–Crippen LogP) is 3.03. The molecule has 3 N–H and O–H groups in total. The van der Waals surface area contributed by atoms with Crippen molar-refractivity contribution in [3.8, 4) is 0 Å². The Hall–Kier alpha value is -0.810. The van der Waals surface area contributed by atoms with Crippen molar-refractivity contribution in [1.29, 1.82) is 0 Å². The second kappa shape index (κ2) is 5.67. The molecule has 0 bridgehead atoms. The molecule has 1 aliphatic carbocycles. The molecule has 1 saturated carbocycles. The van der Waals surface area contributed by atoms with E-state index in [1.807, 2.05) is 31.7 Å². The fourth-order valence-electron chi connectivity index (χ4n) is 2.54. The topological polar surface area (TPSA) is 50.9 Å². The number of nitrogens with zero attached hydrogens (tertiary/aromatic N) is 1. The van der Waals surface area contributed by atoms with Crippen LogP contribution in [0, 0.1) is 13.8 Å². The Bertz CT molecular complexity index is 490. The van der Waals surface area contributed by atoms with Crippen LogP contribution in [-0.2, 0) is 0 Å². The minimum absolute atomic E-state index is 0.368. The average Bonchev–Trinajstić information content (AvgIpc) is 2.26. The lowest BCUT2D eigenvalue weighted by atomic mass is 9.84. The molecule has 1 aromatic heterocycles. The summed E-state index contributed by atoms with van der Waals surface area (Å²) >= 11 is 7.10.